The number of hydrogen-bond donors (Lipinski definition) is 2. The lowest BCUT2D eigenvalue weighted by Crippen LogP contribution is -2.27. The maximum absolute atomic E-state index is 10.6. The SMILES string of the molecule is CC1=Nc2ccc(SOOO)cc2C1(C)CCCCC(=O)O. The topological polar surface area (TPSA) is 88.4 Å². The fraction of sp³-hybridized carbons (Fsp3) is 0.467. The van der Waals surface area contributed by atoms with Crippen molar-refractivity contribution < 1.29 is 24.5 Å². The van der Waals surface area contributed by atoms with Crippen LogP contribution in [0.25, 0.3) is 0 Å². The maximum Gasteiger partial charge on any atom is 0.303 e. The van der Waals surface area contributed by atoms with E-state index in [0.29, 0.717) is 6.42 Å². The number of carboxylic acid groups (broad SMARTS) is 1. The van der Waals surface area contributed by atoms with Crippen LogP contribution in [-0.4, -0.2) is 22.0 Å². The minimum Gasteiger partial charge on any atom is -0.481 e. The number of unbranched alkanes of at least 4 members (excludes halogenated alkanes) is 1. The predicted molar refractivity (Wildman–Crippen MR) is 83.3 cm³/mol. The number of carboxylic acids is 1. The molecule has 0 aromatic heterocycles. The molecule has 1 aromatic carbocycles. The Bertz CT molecular complexity index is 589. The van der Waals surface area contributed by atoms with Crippen LogP contribution in [0.15, 0.2) is 28.1 Å². The van der Waals surface area contributed by atoms with Gasteiger partial charge in [-0.05, 0) is 43.5 Å². The zero-order chi connectivity index (χ0) is 16.2. The Balaban J connectivity index is 2.12. The van der Waals surface area contributed by atoms with Gasteiger partial charge in [-0.15, -0.1) is 4.33 Å². The molecule has 0 saturated carbocycles. The summed E-state index contributed by atoms with van der Waals surface area (Å²) < 4.78 is 4.47. The summed E-state index contributed by atoms with van der Waals surface area (Å²) in [5, 5.41) is 20.6. The summed E-state index contributed by atoms with van der Waals surface area (Å²) in [6.07, 6.45) is 2.51. The number of rotatable bonds is 8. The molecule has 2 rings (SSSR count). The van der Waals surface area contributed by atoms with Gasteiger partial charge in [0.2, 0.25) is 0 Å². The van der Waals surface area contributed by atoms with Crippen LogP contribution in [0.3, 0.4) is 0 Å². The van der Waals surface area contributed by atoms with Crippen molar-refractivity contribution in [2.24, 2.45) is 4.99 Å². The molecule has 0 spiro atoms. The van der Waals surface area contributed by atoms with Crippen LogP contribution in [0.5, 0.6) is 0 Å². The first-order valence-electron chi connectivity index (χ1n) is 7.04. The average molecular weight is 325 g/mol. The van der Waals surface area contributed by atoms with Crippen LogP contribution in [0.1, 0.15) is 45.1 Å². The molecule has 1 aliphatic rings. The number of aliphatic carboxylic acids is 1. The number of nitrogens with zero attached hydrogens (tertiary/aromatic N) is 1. The second-order valence-electron chi connectivity index (χ2n) is 5.54. The summed E-state index contributed by atoms with van der Waals surface area (Å²) in [4.78, 5) is 16.0. The number of fused-ring (bicyclic) bond motifs is 1. The van der Waals surface area contributed by atoms with Crippen molar-refractivity contribution >= 4 is 29.4 Å². The lowest BCUT2D eigenvalue weighted by Gasteiger charge is -2.26. The van der Waals surface area contributed by atoms with E-state index < -0.39 is 5.97 Å². The van der Waals surface area contributed by atoms with Crippen LogP contribution >= 0.6 is 12.0 Å². The van der Waals surface area contributed by atoms with Crippen molar-refractivity contribution in [2.75, 3.05) is 0 Å². The molecule has 0 aliphatic carbocycles. The third-order valence-electron chi connectivity index (χ3n) is 4.13. The van der Waals surface area contributed by atoms with Gasteiger partial charge >= 0.3 is 5.97 Å². The Morgan fingerprint density at radius 3 is 2.86 bits per heavy atom. The highest BCUT2D eigenvalue weighted by molar-refractivity contribution is 7.94. The van der Waals surface area contributed by atoms with Crippen LogP contribution in [0.2, 0.25) is 0 Å². The van der Waals surface area contributed by atoms with Crippen LogP contribution in [0, 0.1) is 0 Å². The van der Waals surface area contributed by atoms with E-state index in [2.05, 4.69) is 21.3 Å². The highest BCUT2D eigenvalue weighted by Crippen LogP contribution is 2.44. The molecule has 1 unspecified atom stereocenters. The molecule has 0 bridgehead atoms. The Kier molecular flexibility index (Phi) is 5.57. The minimum absolute atomic E-state index is 0.191. The third-order valence-corrected chi connectivity index (χ3v) is 4.70. The van der Waals surface area contributed by atoms with E-state index in [1.807, 2.05) is 25.1 Å². The molecule has 120 valence electrons. The summed E-state index contributed by atoms with van der Waals surface area (Å²) in [5.41, 5.74) is 2.84. The minimum atomic E-state index is -0.762. The van der Waals surface area contributed by atoms with Gasteiger partial charge < -0.3 is 5.11 Å². The molecule has 0 saturated heterocycles. The van der Waals surface area contributed by atoms with Gasteiger partial charge in [-0.2, -0.15) is 0 Å². The molecule has 6 nitrogen and oxygen atoms in total. The van der Waals surface area contributed by atoms with Crippen LogP contribution in [0.4, 0.5) is 5.69 Å². The largest absolute Gasteiger partial charge is 0.481 e. The van der Waals surface area contributed by atoms with E-state index >= 15 is 0 Å². The lowest BCUT2D eigenvalue weighted by atomic mass is 9.76. The van der Waals surface area contributed by atoms with Crippen LogP contribution in [-0.2, 0) is 19.6 Å². The normalized spacial score (nSPS) is 19.9. The fourth-order valence-electron chi connectivity index (χ4n) is 2.73. The van der Waals surface area contributed by atoms with E-state index in [-0.39, 0.29) is 11.8 Å². The summed E-state index contributed by atoms with van der Waals surface area (Å²) in [5.74, 6) is -0.762. The summed E-state index contributed by atoms with van der Waals surface area (Å²) >= 11 is 0.920. The summed E-state index contributed by atoms with van der Waals surface area (Å²) in [7, 11) is 0. The first-order valence-corrected chi connectivity index (χ1v) is 7.78. The molecule has 2 N–H and O–H groups in total. The molecular weight excluding hydrogens is 306 g/mol. The first-order chi connectivity index (χ1) is 10.5. The summed E-state index contributed by atoms with van der Waals surface area (Å²) in [6, 6.07) is 5.72. The van der Waals surface area contributed by atoms with Gasteiger partial charge in [0.1, 0.15) is 0 Å². The van der Waals surface area contributed by atoms with Crippen molar-refractivity contribution in [1.82, 2.24) is 0 Å². The van der Waals surface area contributed by atoms with Crippen LogP contribution < -0.4 is 0 Å². The molecule has 1 aliphatic heterocycles. The Labute approximate surface area is 133 Å². The van der Waals surface area contributed by atoms with Crippen molar-refractivity contribution in [3.8, 4) is 0 Å². The highest BCUT2D eigenvalue weighted by Gasteiger charge is 2.36. The zero-order valence-corrected chi connectivity index (χ0v) is 13.4. The molecule has 7 heteroatoms. The van der Waals surface area contributed by atoms with E-state index in [1.165, 1.54) is 0 Å². The predicted octanol–water partition coefficient (Wildman–Crippen LogP) is 4.12. The van der Waals surface area contributed by atoms with Gasteiger partial charge in [0.05, 0.1) is 17.7 Å². The first kappa shape index (κ1) is 17.0. The van der Waals surface area contributed by atoms with Crippen molar-refractivity contribution in [1.29, 1.82) is 0 Å². The second kappa shape index (κ2) is 7.23. The van der Waals surface area contributed by atoms with Gasteiger partial charge in [0.15, 0.2) is 0 Å². The Morgan fingerprint density at radius 2 is 2.18 bits per heavy atom. The highest BCUT2D eigenvalue weighted by atomic mass is 32.2. The molecule has 1 atom stereocenters. The quantitative estimate of drug-likeness (QED) is 0.323. The standard InChI is InChI=1S/C15H19NO5S/c1-10-15(2,8-4-3-5-14(17)18)12-9-11(22-21-20-19)6-7-13(12)16-10/h6-7,9,19H,3-5,8H2,1-2H3,(H,17,18). The molecule has 1 heterocycles. The van der Waals surface area contributed by atoms with Gasteiger partial charge in [0, 0.05) is 22.4 Å². The van der Waals surface area contributed by atoms with Gasteiger partial charge in [-0.1, -0.05) is 18.4 Å². The Hall–Kier alpha value is -1.41. The van der Waals surface area contributed by atoms with E-state index in [1.54, 1.807) is 0 Å². The molecule has 0 amide bonds. The number of hydrogen-bond acceptors (Lipinski definition) is 6. The monoisotopic (exact) mass is 325 g/mol. The number of benzene rings is 1. The Morgan fingerprint density at radius 1 is 1.41 bits per heavy atom. The van der Waals surface area contributed by atoms with E-state index in [0.717, 1.165) is 46.7 Å². The molecule has 22 heavy (non-hydrogen) atoms. The van der Waals surface area contributed by atoms with Crippen molar-refractivity contribution in [2.45, 2.75) is 49.8 Å². The molecule has 1 aromatic rings. The number of carbonyl (C=O) groups is 1. The van der Waals surface area contributed by atoms with E-state index in [4.69, 9.17) is 10.4 Å². The van der Waals surface area contributed by atoms with E-state index in [9.17, 15) is 4.79 Å². The molecule has 0 radical (unpaired) electrons. The van der Waals surface area contributed by atoms with Gasteiger partial charge in [-0.3, -0.25) is 9.79 Å². The average Bonchev–Trinajstić information content (AvgIpc) is 2.73. The van der Waals surface area contributed by atoms with Crippen molar-refractivity contribution in [3.63, 3.8) is 0 Å². The summed E-state index contributed by atoms with van der Waals surface area (Å²) in [6.45, 7) is 4.12. The van der Waals surface area contributed by atoms with Gasteiger partial charge in [-0.25, -0.2) is 5.26 Å². The number of aliphatic imine (C=N–C) groups is 1. The zero-order valence-electron chi connectivity index (χ0n) is 12.5. The molecule has 0 fully saturated rings. The third kappa shape index (κ3) is 3.67. The lowest BCUT2D eigenvalue weighted by molar-refractivity contribution is -0.432. The molecular formula is C15H19NO5S. The maximum atomic E-state index is 10.6. The van der Waals surface area contributed by atoms with Crippen molar-refractivity contribution in [3.05, 3.63) is 23.8 Å². The fourth-order valence-corrected chi connectivity index (χ4v) is 3.13. The second-order valence-corrected chi connectivity index (χ2v) is 6.31. The van der Waals surface area contributed by atoms with Gasteiger partial charge in [0.25, 0.3) is 0 Å². The smallest absolute Gasteiger partial charge is 0.303 e.